The van der Waals surface area contributed by atoms with Gasteiger partial charge in [-0.05, 0) is 0 Å². The molecule has 0 saturated heterocycles. The van der Waals surface area contributed by atoms with Crippen molar-refractivity contribution >= 4 is 41.5 Å². The minimum atomic E-state index is -4.92. The summed E-state index contributed by atoms with van der Waals surface area (Å²) in [5, 5.41) is 20.9. The van der Waals surface area contributed by atoms with Crippen molar-refractivity contribution in [2.75, 3.05) is 5.32 Å². The largest absolute Gasteiger partial charge is 0.390 e. The summed E-state index contributed by atoms with van der Waals surface area (Å²) in [4.78, 5) is 14.6. The third kappa shape index (κ3) is 5.72. The third-order valence-corrected chi connectivity index (χ3v) is 5.47. The number of carbonyl (C=O) groups is 1. The van der Waals surface area contributed by atoms with Gasteiger partial charge in [0.25, 0.3) is 0 Å². The molecule has 2 aromatic rings. The molecule has 0 aliphatic heterocycles. The maximum Gasteiger partial charge on any atom is 0.0861 e. The number of rotatable bonds is 4. The van der Waals surface area contributed by atoms with Gasteiger partial charge in [0.2, 0.25) is 0 Å². The molecule has 1 aromatic carbocycles. The number of para-hydroxylation sites is 1. The number of nitrogens with zero attached hydrogens (tertiary/aromatic N) is 1. The Hall–Kier alpha value is -1.48. The first-order chi connectivity index (χ1) is 10.4. The number of anilines is 1. The minimum Gasteiger partial charge on any atom is -0.390 e. The van der Waals surface area contributed by atoms with Crippen LogP contribution in [0.25, 0.3) is 0 Å². The fourth-order valence-corrected chi connectivity index (χ4v) is 3.60. The molecule has 10 heteroatoms. The fourth-order valence-electron chi connectivity index (χ4n) is 1.37. The zero-order valence-electron chi connectivity index (χ0n) is 11.5. The maximum absolute atomic E-state index is 11.4. The van der Waals surface area contributed by atoms with E-state index < -0.39 is 14.2 Å². The average molecular weight is 390 g/mol. The van der Waals surface area contributed by atoms with Crippen LogP contribution in [0.5, 0.6) is 0 Å². The Balaban J connectivity index is 0.000000287. The van der Waals surface area contributed by atoms with Crippen LogP contribution in [0.4, 0.5) is 5.69 Å². The summed E-state index contributed by atoms with van der Waals surface area (Å²) >= 11 is -3.43. The van der Waals surface area contributed by atoms with Crippen molar-refractivity contribution in [2.45, 2.75) is 13.5 Å². The van der Waals surface area contributed by atoms with Crippen LogP contribution >= 0.6 is 11.3 Å². The van der Waals surface area contributed by atoms with E-state index in [1.165, 1.54) is 36.5 Å². The van der Waals surface area contributed by atoms with Crippen LogP contribution in [0.1, 0.15) is 12.6 Å². The van der Waals surface area contributed by atoms with E-state index >= 15 is 0 Å². The molecule has 8 nitrogen and oxygen atoms in total. The second-order valence-corrected chi connectivity index (χ2v) is 8.19. The van der Waals surface area contributed by atoms with Crippen LogP contribution < -0.4 is 9.67 Å². The molecular weight excluding hydrogens is 375 g/mol. The zero-order valence-corrected chi connectivity index (χ0v) is 14.2. The molecule has 2 rings (SSSR count). The average Bonchev–Trinajstić information content (AvgIpc) is 3.01. The van der Waals surface area contributed by atoms with Gasteiger partial charge in [-0.15, -0.1) is 11.3 Å². The number of aromatic nitrogens is 1. The Labute approximate surface area is 133 Å². The molecule has 22 heavy (non-hydrogen) atoms. The number of thiazole rings is 1. The van der Waals surface area contributed by atoms with Gasteiger partial charge >= 0.3 is 88.4 Å². The second kappa shape index (κ2) is 8.84. The zero-order chi connectivity index (χ0) is 16.6. The van der Waals surface area contributed by atoms with Gasteiger partial charge in [0.05, 0.1) is 17.8 Å². The van der Waals surface area contributed by atoms with Gasteiger partial charge in [-0.3, -0.25) is 0 Å². The predicted molar refractivity (Wildman–Crippen MR) is 80.8 cm³/mol. The number of hydrogen-bond donors (Lipinski definition) is 4. The van der Waals surface area contributed by atoms with Crippen LogP contribution in [0, 0.1) is 0 Å². The number of aliphatic hydroxyl groups is 1. The van der Waals surface area contributed by atoms with Crippen molar-refractivity contribution in [1.82, 2.24) is 4.98 Å². The molecule has 0 aliphatic rings. The number of benzene rings is 1. The Kier molecular flexibility index (Phi) is 7.46. The molecule has 1 atom stereocenters. The molecule has 0 bridgehead atoms. The molecule has 4 N–H and O–H groups in total. The molecule has 1 heterocycles. The van der Waals surface area contributed by atoms with Crippen molar-refractivity contribution in [3.8, 4) is 0 Å². The monoisotopic (exact) mass is 390 g/mol. The van der Waals surface area contributed by atoms with Crippen molar-refractivity contribution in [1.29, 1.82) is 0 Å². The number of carbonyl (C=O) groups excluding carboxylic acids is 1. The summed E-state index contributed by atoms with van der Waals surface area (Å²) in [6, 6.07) is 5.84. The summed E-state index contributed by atoms with van der Waals surface area (Å²) in [6.07, 6.45) is 0. The Morgan fingerprint density at radius 2 is 2.14 bits per heavy atom. The molecule has 0 radical (unpaired) electrons. The van der Waals surface area contributed by atoms with Crippen molar-refractivity contribution < 1.29 is 26.9 Å². The van der Waals surface area contributed by atoms with E-state index in [0.29, 0.717) is 0 Å². The minimum absolute atomic E-state index is 0.0590. The molecular formula is C12H15AsN2O6S. The first-order valence-corrected chi connectivity index (χ1v) is 10.2. The van der Waals surface area contributed by atoms with Gasteiger partial charge in [-0.1, -0.05) is 0 Å². The number of aliphatic hydroxyl groups excluding tert-OH is 1. The van der Waals surface area contributed by atoms with Crippen molar-refractivity contribution in [3.63, 3.8) is 0 Å². The first-order valence-electron chi connectivity index (χ1n) is 5.91. The molecule has 1 amide bonds. The van der Waals surface area contributed by atoms with Gasteiger partial charge in [-0.25, -0.2) is 4.98 Å². The van der Waals surface area contributed by atoms with Gasteiger partial charge in [-0.2, -0.15) is 0 Å². The SMILES string of the molecule is CC(=O)Nc1ccccc1[As](=O)(O)OO.OCc1cscn1. The fraction of sp³-hybridized carbons (Fsp3) is 0.167. The molecule has 0 spiro atoms. The van der Waals surface area contributed by atoms with Crippen LogP contribution in [0.2, 0.25) is 0 Å². The Morgan fingerprint density at radius 3 is 2.59 bits per heavy atom. The van der Waals surface area contributed by atoms with Gasteiger partial charge in [0.1, 0.15) is 0 Å². The van der Waals surface area contributed by atoms with E-state index in [4.69, 9.17) is 10.4 Å². The molecule has 120 valence electrons. The first kappa shape index (κ1) is 18.6. The van der Waals surface area contributed by atoms with E-state index in [2.05, 4.69) is 14.2 Å². The van der Waals surface area contributed by atoms with E-state index in [-0.39, 0.29) is 22.6 Å². The maximum atomic E-state index is 11.4. The standard InChI is InChI=1S/C8H10AsNO5.C4H5NOS/c1-6(11)10-8-5-3-2-4-7(8)9(12,13)15-14;6-1-4-2-7-3-5-4/h2-5,14H,1H3,(H,10,11)(H,12,13);2-3,6H,1H2. The smallest absolute Gasteiger partial charge is 0.0861 e. The van der Waals surface area contributed by atoms with E-state index in [9.17, 15) is 12.6 Å². The number of amides is 1. The van der Waals surface area contributed by atoms with Gasteiger partial charge in [0, 0.05) is 5.38 Å². The van der Waals surface area contributed by atoms with E-state index in [1.54, 1.807) is 11.6 Å². The quantitative estimate of drug-likeness (QED) is 0.337. The number of hydrogen-bond acceptors (Lipinski definition) is 7. The normalized spacial score (nSPS) is 12.7. The molecule has 0 aliphatic carbocycles. The molecule has 1 aromatic heterocycles. The van der Waals surface area contributed by atoms with Crippen LogP contribution in [0.3, 0.4) is 0 Å². The van der Waals surface area contributed by atoms with Crippen molar-refractivity contribution in [3.05, 3.63) is 40.8 Å². The Morgan fingerprint density at radius 1 is 1.45 bits per heavy atom. The van der Waals surface area contributed by atoms with E-state index in [1.807, 2.05) is 5.38 Å². The summed E-state index contributed by atoms with van der Waals surface area (Å²) < 4.78 is 24.1. The Bertz CT molecular complexity index is 649. The summed E-state index contributed by atoms with van der Waals surface area (Å²) in [7, 11) is 0. The third-order valence-electron chi connectivity index (χ3n) is 2.28. The van der Waals surface area contributed by atoms with Gasteiger partial charge < -0.3 is 5.11 Å². The molecule has 0 fully saturated rings. The molecule has 0 saturated carbocycles. The van der Waals surface area contributed by atoms with Crippen molar-refractivity contribution in [2.24, 2.45) is 0 Å². The summed E-state index contributed by atoms with van der Waals surface area (Å²) in [5.74, 6) is -0.379. The second-order valence-electron chi connectivity index (χ2n) is 3.94. The van der Waals surface area contributed by atoms with Crippen LogP contribution in [-0.4, -0.2) is 39.5 Å². The van der Waals surface area contributed by atoms with Crippen LogP contribution in [-0.2, 0) is 19.0 Å². The number of nitrogens with one attached hydrogen (secondary N) is 1. The van der Waals surface area contributed by atoms with E-state index in [0.717, 1.165) is 5.69 Å². The summed E-state index contributed by atoms with van der Waals surface area (Å²) in [5.41, 5.74) is 2.61. The topological polar surface area (TPSA) is 129 Å². The summed E-state index contributed by atoms with van der Waals surface area (Å²) in [6.45, 7) is 1.33. The molecule has 1 unspecified atom stereocenters. The van der Waals surface area contributed by atoms with Crippen LogP contribution in [0.15, 0.2) is 35.2 Å². The predicted octanol–water partition coefficient (Wildman–Crippen LogP) is 0.339. The van der Waals surface area contributed by atoms with Gasteiger partial charge in [0.15, 0.2) is 0 Å².